The van der Waals surface area contributed by atoms with Crippen LogP contribution in [0.5, 0.6) is 0 Å². The van der Waals surface area contributed by atoms with E-state index in [1.807, 2.05) is 13.8 Å². The molecule has 0 aliphatic carbocycles. The Bertz CT molecular complexity index is 1840. The molecule has 1 fully saturated rings. The van der Waals surface area contributed by atoms with Crippen LogP contribution in [-0.4, -0.2) is 90.2 Å². The van der Waals surface area contributed by atoms with Crippen LogP contribution in [0.3, 0.4) is 0 Å². The zero-order valence-electron chi connectivity index (χ0n) is 33.5. The topological polar surface area (TPSA) is 133 Å². The van der Waals surface area contributed by atoms with Gasteiger partial charge < -0.3 is 24.3 Å². The molecule has 59 heavy (non-hydrogen) atoms. The van der Waals surface area contributed by atoms with Crippen LogP contribution in [-0.2, 0) is 41.4 Å². The third-order valence-corrected chi connectivity index (χ3v) is 9.18. The molecule has 1 aromatic heterocycles. The molecule has 2 heterocycles. The summed E-state index contributed by atoms with van der Waals surface area (Å²) in [5.41, 5.74) is 0.179. The molecule has 3 atom stereocenters. The Balaban J connectivity index is 1.57. The average Bonchev–Trinajstić information content (AvgIpc) is 3.15. The van der Waals surface area contributed by atoms with E-state index in [1.54, 1.807) is 20.8 Å². The molecule has 4 rings (SSSR count). The van der Waals surface area contributed by atoms with E-state index in [1.165, 1.54) is 59.6 Å². The quantitative estimate of drug-likeness (QED) is 0.0866. The molecular weight excluding hydrogens is 788 g/mol. The van der Waals surface area contributed by atoms with E-state index in [0.717, 1.165) is 6.20 Å². The third-order valence-electron chi connectivity index (χ3n) is 9.18. The Morgan fingerprint density at radius 3 is 2.08 bits per heavy atom. The summed E-state index contributed by atoms with van der Waals surface area (Å²) in [5, 5.41) is 2.64. The second kappa shape index (κ2) is 20.7. The largest absolute Gasteiger partial charge is 0.463 e. The molecule has 1 N–H and O–H groups in total. The molecule has 1 aliphatic rings. The van der Waals surface area contributed by atoms with Crippen LogP contribution >= 0.6 is 0 Å². The minimum atomic E-state index is -4.56. The van der Waals surface area contributed by atoms with Gasteiger partial charge in [0.25, 0.3) is 0 Å². The van der Waals surface area contributed by atoms with Crippen molar-refractivity contribution in [3.05, 3.63) is 101 Å². The van der Waals surface area contributed by atoms with Crippen molar-refractivity contribution in [3.8, 4) is 0 Å². The Labute approximate surface area is 338 Å². The number of hydrogen-bond acceptors (Lipinski definition) is 9. The lowest BCUT2D eigenvalue weighted by Crippen LogP contribution is -2.55. The number of benzene rings is 2. The highest BCUT2D eigenvalue weighted by molar-refractivity contribution is 5.91. The van der Waals surface area contributed by atoms with Crippen molar-refractivity contribution < 1.29 is 64.5 Å². The van der Waals surface area contributed by atoms with Crippen molar-refractivity contribution in [2.45, 2.75) is 103 Å². The number of morpholine rings is 1. The minimum absolute atomic E-state index is 0.0191. The Hall–Kier alpha value is -5.19. The molecule has 1 saturated heterocycles. The van der Waals surface area contributed by atoms with Crippen LogP contribution in [0.1, 0.15) is 82.1 Å². The van der Waals surface area contributed by atoms with Gasteiger partial charge >= 0.3 is 24.3 Å². The lowest BCUT2D eigenvalue weighted by atomic mass is 9.81. The lowest BCUT2D eigenvalue weighted by Gasteiger charge is -2.40. The first-order valence-electron chi connectivity index (χ1n) is 19.1. The number of amides is 2. The van der Waals surface area contributed by atoms with E-state index in [2.05, 4.69) is 10.3 Å². The molecule has 322 valence electrons. The molecule has 2 aromatic carbocycles. The first-order valence-corrected chi connectivity index (χ1v) is 19.1. The average molecular weight is 838 g/mol. The van der Waals surface area contributed by atoms with Gasteiger partial charge in [-0.2, -0.15) is 13.2 Å². The molecule has 2 amide bonds. The third kappa shape index (κ3) is 14.9. The van der Waals surface area contributed by atoms with Crippen LogP contribution in [0.4, 0.5) is 35.9 Å². The van der Waals surface area contributed by atoms with Crippen molar-refractivity contribution in [3.63, 3.8) is 0 Å². The van der Waals surface area contributed by atoms with Gasteiger partial charge in [0.15, 0.2) is 5.78 Å². The summed E-state index contributed by atoms with van der Waals surface area (Å²) in [6, 6.07) is 8.22. The highest BCUT2D eigenvalue weighted by atomic mass is 19.4. The van der Waals surface area contributed by atoms with Crippen LogP contribution in [0.2, 0.25) is 0 Å². The second-order valence-corrected chi connectivity index (χ2v) is 15.7. The van der Waals surface area contributed by atoms with Gasteiger partial charge in [0.2, 0.25) is 0 Å². The predicted molar refractivity (Wildman–Crippen MR) is 202 cm³/mol. The fourth-order valence-corrected chi connectivity index (χ4v) is 6.34. The number of alkyl carbamates (subject to hydrolysis) is 1. The number of carbonyl (C=O) groups excluding carboxylic acids is 4. The van der Waals surface area contributed by atoms with E-state index in [-0.39, 0.29) is 49.6 Å². The van der Waals surface area contributed by atoms with Gasteiger partial charge in [-0.25, -0.2) is 22.8 Å². The number of pyridine rings is 1. The second-order valence-electron chi connectivity index (χ2n) is 15.7. The fourth-order valence-electron chi connectivity index (χ4n) is 6.34. The summed E-state index contributed by atoms with van der Waals surface area (Å²) >= 11 is 0. The molecule has 1 aliphatic heterocycles. The predicted octanol–water partition coefficient (Wildman–Crippen LogP) is 8.02. The van der Waals surface area contributed by atoms with Gasteiger partial charge in [-0.3, -0.25) is 19.5 Å². The number of esters is 1. The van der Waals surface area contributed by atoms with Crippen molar-refractivity contribution in [2.75, 3.05) is 26.4 Å². The molecule has 3 aromatic rings. The van der Waals surface area contributed by atoms with Crippen molar-refractivity contribution >= 4 is 23.9 Å². The van der Waals surface area contributed by atoms with Crippen molar-refractivity contribution in [1.29, 1.82) is 0 Å². The zero-order chi connectivity index (χ0) is 43.5. The van der Waals surface area contributed by atoms with Gasteiger partial charge in [-0.1, -0.05) is 38.1 Å². The number of Topliss-reactive ketones (excluding diaryl/α,β-unsaturated/α-hetero) is 1. The number of hydrogen-bond donors (Lipinski definition) is 1. The molecule has 0 bridgehead atoms. The number of ether oxygens (including phenoxy) is 4. The van der Waals surface area contributed by atoms with E-state index in [4.69, 9.17) is 18.9 Å². The molecule has 0 spiro atoms. The molecule has 11 nitrogen and oxygen atoms in total. The number of carbonyl (C=O) groups is 4. The molecule has 17 heteroatoms. The van der Waals surface area contributed by atoms with Gasteiger partial charge in [0, 0.05) is 18.5 Å². The molecule has 0 radical (unpaired) electrons. The first-order chi connectivity index (χ1) is 27.7. The number of nitrogens with one attached hydrogen (secondary N) is 1. The Morgan fingerprint density at radius 1 is 0.915 bits per heavy atom. The highest BCUT2D eigenvalue weighted by Gasteiger charge is 2.37. The number of alkyl halides is 3. The van der Waals surface area contributed by atoms with Gasteiger partial charge in [-0.05, 0) is 86.1 Å². The summed E-state index contributed by atoms with van der Waals surface area (Å²) in [6.45, 7) is 7.85. The number of nitrogens with zero attached hydrogens (tertiary/aromatic N) is 2. The fraction of sp³-hybridized carbons (Fsp3) is 0.500. The van der Waals surface area contributed by atoms with Crippen molar-refractivity contribution in [1.82, 2.24) is 15.2 Å². The zero-order valence-corrected chi connectivity index (χ0v) is 33.5. The van der Waals surface area contributed by atoms with E-state index >= 15 is 4.39 Å². The van der Waals surface area contributed by atoms with Crippen LogP contribution in [0, 0.1) is 23.4 Å². The van der Waals surface area contributed by atoms with E-state index in [0.29, 0.717) is 11.1 Å². The Kier molecular flexibility index (Phi) is 16.3. The molecular formula is C42H49F6N3O8. The smallest absolute Gasteiger partial charge is 0.410 e. The summed E-state index contributed by atoms with van der Waals surface area (Å²) < 4.78 is 103. The van der Waals surface area contributed by atoms with Gasteiger partial charge in [0.1, 0.15) is 35.7 Å². The molecule has 0 saturated carbocycles. The Morgan fingerprint density at radius 2 is 1.53 bits per heavy atom. The maximum atomic E-state index is 15.6. The van der Waals surface area contributed by atoms with Gasteiger partial charge in [-0.15, -0.1) is 0 Å². The number of rotatable bonds is 16. The minimum Gasteiger partial charge on any atom is -0.463 e. The van der Waals surface area contributed by atoms with Crippen molar-refractivity contribution in [2.24, 2.45) is 5.92 Å². The molecule has 0 unspecified atom stereocenters. The van der Waals surface area contributed by atoms with E-state index < -0.39 is 103 Å². The standard InChI is InChI=1S/C42H49F6N3O8/c1-25(2)22-58-39(54)50-38(37(26-6-10-29(43)11-7-26)27-8-12-30(44)13-9-27)35(52)18-28-19-49-20-34(45)33(28)15-14-32-21-51(40(55)59-41(3,4)5)31(23-56-32)24-57-36(53)16-17-42(46,47)48/h6-13,19-20,25,31-32,37-38H,14-18,21-24H2,1-5H3,(H,50,54)/t31-,32+,38+/m0/s1. The van der Waals surface area contributed by atoms with Crippen LogP contribution in [0.15, 0.2) is 60.9 Å². The number of halogens is 6. The van der Waals surface area contributed by atoms with Crippen LogP contribution < -0.4 is 5.32 Å². The lowest BCUT2D eigenvalue weighted by molar-refractivity contribution is -0.160. The summed E-state index contributed by atoms with van der Waals surface area (Å²) in [4.78, 5) is 58.0. The SMILES string of the molecule is CC(C)COC(=O)N[C@H](C(=O)Cc1cncc(F)c1CC[C@@H]1CN(C(=O)OC(C)(C)C)[C@H](COC(=O)CCC(F)(F)F)CO1)C(c1ccc(F)cc1)c1ccc(F)cc1. The van der Waals surface area contributed by atoms with Crippen LogP contribution in [0.25, 0.3) is 0 Å². The summed E-state index contributed by atoms with van der Waals surface area (Å²) in [5.74, 6) is -4.55. The van der Waals surface area contributed by atoms with Gasteiger partial charge in [0.05, 0.1) is 50.9 Å². The summed E-state index contributed by atoms with van der Waals surface area (Å²) in [7, 11) is 0. The maximum Gasteiger partial charge on any atom is 0.410 e. The normalized spacial score (nSPS) is 16.5. The maximum absolute atomic E-state index is 15.6. The number of ketones is 1. The first kappa shape index (κ1) is 46.5. The van der Waals surface area contributed by atoms with E-state index in [9.17, 15) is 41.1 Å². The highest BCUT2D eigenvalue weighted by Crippen LogP contribution is 2.31. The number of aromatic nitrogens is 1. The monoisotopic (exact) mass is 837 g/mol. The summed E-state index contributed by atoms with van der Waals surface area (Å²) in [6.07, 6.45) is -7.30.